The molecule has 0 fully saturated rings. The Hall–Kier alpha value is -0.670. The van der Waals surface area contributed by atoms with Crippen LogP contribution in [0.15, 0.2) is 12.1 Å². The van der Waals surface area contributed by atoms with Gasteiger partial charge in [0.25, 0.3) is 0 Å². The average Bonchev–Trinajstić information content (AvgIpc) is 2.79. The maximum atomic E-state index is 12.6. The molecule has 0 saturated carbocycles. The van der Waals surface area contributed by atoms with E-state index in [1.807, 2.05) is 0 Å². The molecule has 0 bridgehead atoms. The quantitative estimate of drug-likeness (QED) is 0.471. The maximum absolute atomic E-state index is 12.6. The molecule has 0 radical (unpaired) electrons. The van der Waals surface area contributed by atoms with Crippen molar-refractivity contribution in [1.82, 2.24) is 4.98 Å². The van der Waals surface area contributed by atoms with Crippen LogP contribution in [-0.4, -0.2) is 10.8 Å². The van der Waals surface area contributed by atoms with E-state index in [-0.39, 0.29) is 37.5 Å². The van der Waals surface area contributed by atoms with Crippen molar-refractivity contribution in [2.45, 2.75) is 65.2 Å². The third kappa shape index (κ3) is 5.03. The van der Waals surface area contributed by atoms with Crippen LogP contribution in [0.25, 0.3) is 0 Å². The van der Waals surface area contributed by atoms with E-state index in [9.17, 15) is 4.79 Å². The fourth-order valence-corrected chi connectivity index (χ4v) is 4.22. The van der Waals surface area contributed by atoms with E-state index >= 15 is 0 Å². The second-order valence-corrected chi connectivity index (χ2v) is 10.4. The first kappa shape index (κ1) is 22.6. The third-order valence-electron chi connectivity index (χ3n) is 4.51. The molecule has 0 spiro atoms. The Labute approximate surface area is 181 Å². The van der Waals surface area contributed by atoms with Crippen LogP contribution >= 0.6 is 46.4 Å². The number of hydrogen-bond donors (Lipinski definition) is 1. The van der Waals surface area contributed by atoms with Crippen LogP contribution in [0, 0.1) is 0 Å². The van der Waals surface area contributed by atoms with Gasteiger partial charge in [0.1, 0.15) is 10.8 Å². The van der Waals surface area contributed by atoms with Crippen molar-refractivity contribution in [1.29, 1.82) is 0 Å². The van der Waals surface area contributed by atoms with Crippen LogP contribution in [0.2, 0.25) is 20.2 Å². The van der Waals surface area contributed by atoms with Crippen LogP contribution in [-0.2, 0) is 17.3 Å². The van der Waals surface area contributed by atoms with E-state index in [0.717, 1.165) is 21.7 Å². The highest BCUT2D eigenvalue weighted by Crippen LogP contribution is 2.39. The number of aromatic nitrogens is 1. The fraction of sp³-hybridized carbons (Fsp3) is 0.476. The van der Waals surface area contributed by atoms with Crippen LogP contribution in [0.3, 0.4) is 0 Å². The summed E-state index contributed by atoms with van der Waals surface area (Å²) in [4.78, 5) is 15.3. The summed E-state index contributed by atoms with van der Waals surface area (Å²) < 4.78 is 0. The third-order valence-corrected chi connectivity index (χ3v) is 6.15. The van der Waals surface area contributed by atoms with E-state index in [1.54, 1.807) is 0 Å². The van der Waals surface area contributed by atoms with Crippen molar-refractivity contribution >= 4 is 52.2 Å². The molecular weight excluding hydrogens is 424 g/mol. The zero-order valence-electron chi connectivity index (χ0n) is 16.5. The first-order valence-electron chi connectivity index (χ1n) is 8.82. The van der Waals surface area contributed by atoms with Crippen LogP contribution in [0.4, 0.5) is 0 Å². The molecule has 0 unspecified atom stereocenters. The standard InChI is InChI=1S/C21H25Cl4NO/c1-20(2,3)12-9-11(10-13(15(12)22)21(4,5)6)7-8-14(27)18-16(23)17(24)19(25)26-18/h9-10,26H,7-8H2,1-6H3. The van der Waals surface area contributed by atoms with Gasteiger partial charge in [0.15, 0.2) is 5.78 Å². The zero-order chi connectivity index (χ0) is 20.7. The van der Waals surface area contributed by atoms with Crippen molar-refractivity contribution in [2.75, 3.05) is 0 Å². The molecule has 0 aliphatic carbocycles. The summed E-state index contributed by atoms with van der Waals surface area (Å²) in [6.07, 6.45) is 0.869. The molecule has 1 heterocycles. The Morgan fingerprint density at radius 3 is 1.70 bits per heavy atom. The van der Waals surface area contributed by atoms with Gasteiger partial charge in [-0.05, 0) is 33.9 Å². The van der Waals surface area contributed by atoms with Crippen molar-refractivity contribution in [3.63, 3.8) is 0 Å². The molecule has 2 aromatic rings. The van der Waals surface area contributed by atoms with Crippen LogP contribution in [0.1, 0.15) is 75.1 Å². The number of nitrogens with one attached hydrogen (secondary N) is 1. The number of ketones is 1. The predicted molar refractivity (Wildman–Crippen MR) is 117 cm³/mol. The first-order chi connectivity index (χ1) is 12.2. The van der Waals surface area contributed by atoms with Gasteiger partial charge in [0, 0.05) is 11.4 Å². The Kier molecular flexibility index (Phi) is 6.69. The summed E-state index contributed by atoms with van der Waals surface area (Å²) >= 11 is 24.7. The number of hydrogen-bond acceptors (Lipinski definition) is 1. The lowest BCUT2D eigenvalue weighted by molar-refractivity contribution is 0.0979. The number of Topliss-reactive ketones (excluding diaryl/α,β-unsaturated/α-hetero) is 1. The van der Waals surface area contributed by atoms with E-state index in [1.165, 1.54) is 0 Å². The highest BCUT2D eigenvalue weighted by Gasteiger charge is 2.26. The molecule has 27 heavy (non-hydrogen) atoms. The molecule has 2 nitrogen and oxygen atoms in total. The van der Waals surface area contributed by atoms with E-state index in [4.69, 9.17) is 46.4 Å². The lowest BCUT2D eigenvalue weighted by atomic mass is 9.79. The van der Waals surface area contributed by atoms with Gasteiger partial charge in [0.05, 0.1) is 10.0 Å². The fourth-order valence-electron chi connectivity index (χ4n) is 2.92. The SMILES string of the molecule is CC(C)(C)c1cc(CCC(=O)c2[nH]c(Cl)c(Cl)c2Cl)cc(C(C)(C)C)c1Cl. The number of carbonyl (C=O) groups excluding carboxylic acids is 1. The predicted octanol–water partition coefficient (Wildman–Crippen LogP) is 8.04. The van der Waals surface area contributed by atoms with Gasteiger partial charge in [-0.3, -0.25) is 4.79 Å². The van der Waals surface area contributed by atoms with Gasteiger partial charge in [-0.2, -0.15) is 0 Å². The molecule has 0 aliphatic heterocycles. The number of benzene rings is 1. The van der Waals surface area contributed by atoms with Gasteiger partial charge in [-0.15, -0.1) is 0 Å². The van der Waals surface area contributed by atoms with Gasteiger partial charge in [-0.1, -0.05) is 100 Å². The van der Waals surface area contributed by atoms with E-state index in [0.29, 0.717) is 12.8 Å². The van der Waals surface area contributed by atoms with Gasteiger partial charge < -0.3 is 4.98 Å². The van der Waals surface area contributed by atoms with Crippen molar-refractivity contribution in [2.24, 2.45) is 0 Å². The smallest absolute Gasteiger partial charge is 0.180 e. The lowest BCUT2D eigenvalue weighted by Gasteiger charge is -2.28. The lowest BCUT2D eigenvalue weighted by Crippen LogP contribution is -2.19. The molecule has 0 saturated heterocycles. The monoisotopic (exact) mass is 447 g/mol. The van der Waals surface area contributed by atoms with Crippen molar-refractivity contribution in [3.05, 3.63) is 54.7 Å². The number of aryl methyl sites for hydroxylation is 1. The Morgan fingerprint density at radius 2 is 1.33 bits per heavy atom. The number of aromatic amines is 1. The van der Waals surface area contributed by atoms with Gasteiger partial charge in [0.2, 0.25) is 0 Å². The Balaban J connectivity index is 2.36. The summed E-state index contributed by atoms with van der Waals surface area (Å²) in [5, 5.41) is 1.34. The van der Waals surface area contributed by atoms with Gasteiger partial charge in [-0.25, -0.2) is 0 Å². The summed E-state index contributed by atoms with van der Waals surface area (Å²) in [6, 6.07) is 4.20. The van der Waals surface area contributed by atoms with E-state index in [2.05, 4.69) is 58.7 Å². The Bertz CT molecular complexity index is 835. The second kappa shape index (κ2) is 7.99. The molecule has 1 aromatic carbocycles. The number of rotatable bonds is 4. The summed E-state index contributed by atoms with van der Waals surface area (Å²) in [7, 11) is 0. The van der Waals surface area contributed by atoms with Crippen molar-refractivity contribution < 1.29 is 4.79 Å². The second-order valence-electron chi connectivity index (χ2n) is 8.87. The summed E-state index contributed by atoms with van der Waals surface area (Å²) in [5.74, 6) is -0.127. The largest absolute Gasteiger partial charge is 0.341 e. The minimum Gasteiger partial charge on any atom is -0.341 e. The molecule has 0 aliphatic rings. The molecular formula is C21H25Cl4NO. The Morgan fingerprint density at radius 1 is 0.852 bits per heavy atom. The number of H-pyrrole nitrogens is 1. The number of halogens is 4. The molecule has 6 heteroatoms. The topological polar surface area (TPSA) is 32.9 Å². The normalized spacial score (nSPS) is 12.5. The maximum Gasteiger partial charge on any atom is 0.180 e. The summed E-state index contributed by atoms with van der Waals surface area (Å²) in [5.41, 5.74) is 3.31. The van der Waals surface area contributed by atoms with E-state index < -0.39 is 0 Å². The zero-order valence-corrected chi connectivity index (χ0v) is 19.5. The van der Waals surface area contributed by atoms with Crippen LogP contribution in [0.5, 0.6) is 0 Å². The van der Waals surface area contributed by atoms with Crippen molar-refractivity contribution in [3.8, 4) is 0 Å². The highest BCUT2D eigenvalue weighted by atomic mass is 35.5. The highest BCUT2D eigenvalue weighted by molar-refractivity contribution is 6.49. The minimum atomic E-state index is -0.127. The average molecular weight is 449 g/mol. The first-order valence-corrected chi connectivity index (χ1v) is 10.3. The molecule has 148 valence electrons. The molecule has 0 atom stereocenters. The number of carbonyl (C=O) groups is 1. The molecule has 0 amide bonds. The van der Waals surface area contributed by atoms with Gasteiger partial charge >= 0.3 is 0 Å². The van der Waals surface area contributed by atoms with Crippen LogP contribution < -0.4 is 0 Å². The molecule has 1 N–H and O–H groups in total. The summed E-state index contributed by atoms with van der Waals surface area (Å²) in [6.45, 7) is 12.8. The molecule has 2 rings (SSSR count). The molecule has 1 aromatic heterocycles. The minimum absolute atomic E-state index is 0.0963.